The monoisotopic (exact) mass is 1130 g/mol. The summed E-state index contributed by atoms with van der Waals surface area (Å²) in [5, 5.41) is 9.79. The number of hydrogen-bond donors (Lipinski definition) is 0. The van der Waals surface area contributed by atoms with Crippen molar-refractivity contribution in [3.8, 4) is 72.8 Å². The fraction of sp³-hybridized carbons (Fsp3) is 0.0118. The molecule has 89 heavy (non-hydrogen) atoms. The van der Waals surface area contributed by atoms with Crippen molar-refractivity contribution in [2.24, 2.45) is 0 Å². The van der Waals surface area contributed by atoms with Crippen LogP contribution < -0.4 is 26.0 Å². The fourth-order valence-electron chi connectivity index (χ4n) is 15.7. The second-order valence-electron chi connectivity index (χ2n) is 24.1. The first-order valence-electron chi connectivity index (χ1n) is 31.0. The molecule has 0 atom stereocenters. The molecule has 0 spiro atoms. The average molecular weight is 1130 g/mol. The number of rotatable bonds is 7. The Bertz CT molecular complexity index is 5410. The second kappa shape index (κ2) is 19.5. The zero-order valence-corrected chi connectivity index (χ0v) is 48.5. The van der Waals surface area contributed by atoms with E-state index < -0.39 is 0 Å². The zero-order valence-electron chi connectivity index (χ0n) is 48.5. The predicted octanol–water partition coefficient (Wildman–Crippen LogP) is 20.5. The van der Waals surface area contributed by atoms with E-state index in [-0.39, 0.29) is 12.6 Å². The molecule has 0 bridgehead atoms. The minimum Gasteiger partial charge on any atom is -0.458 e. The lowest BCUT2D eigenvalue weighted by atomic mass is 9.34. The summed E-state index contributed by atoms with van der Waals surface area (Å²) < 4.78 is 10.1. The fourth-order valence-corrected chi connectivity index (χ4v) is 15.7. The van der Waals surface area contributed by atoms with Crippen LogP contribution in [0.3, 0.4) is 0 Å². The van der Waals surface area contributed by atoms with Gasteiger partial charge in [-0.3, -0.25) is 0 Å². The molecule has 3 heterocycles. The van der Waals surface area contributed by atoms with E-state index in [1.165, 1.54) is 93.1 Å². The molecule has 1 aromatic heterocycles. The first kappa shape index (κ1) is 49.8. The number of ether oxygens (including phenoxy) is 1. The number of fused-ring (bicyclic) bond motifs is 13. The van der Waals surface area contributed by atoms with Crippen LogP contribution in [-0.4, -0.2) is 11.3 Å². The van der Waals surface area contributed by atoms with Gasteiger partial charge >= 0.3 is 0 Å². The molecule has 0 saturated heterocycles. The lowest BCUT2D eigenvalue weighted by molar-refractivity contribution is 0.486. The third-order valence-corrected chi connectivity index (χ3v) is 19.5. The van der Waals surface area contributed by atoms with E-state index in [2.05, 4.69) is 325 Å². The summed E-state index contributed by atoms with van der Waals surface area (Å²) in [6.07, 6.45) is 0. The van der Waals surface area contributed by atoms with Crippen LogP contribution in [0.2, 0.25) is 0 Å². The molecule has 2 aliphatic heterocycles. The Balaban J connectivity index is 0.925. The van der Waals surface area contributed by atoms with Crippen molar-refractivity contribution in [1.29, 1.82) is 0 Å². The Kier molecular flexibility index (Phi) is 10.9. The van der Waals surface area contributed by atoms with Crippen molar-refractivity contribution in [2.45, 2.75) is 5.92 Å². The molecule has 19 rings (SSSR count). The lowest BCUT2D eigenvalue weighted by Gasteiger charge is -2.42. The molecule has 16 aromatic rings. The van der Waals surface area contributed by atoms with E-state index in [0.717, 1.165) is 84.0 Å². The Morgan fingerprint density at radius 3 is 1.43 bits per heavy atom. The first-order valence-corrected chi connectivity index (χ1v) is 31.0. The molecule has 412 valence electrons. The molecule has 0 unspecified atom stereocenters. The summed E-state index contributed by atoms with van der Waals surface area (Å²) in [5.74, 6) is 1.68. The van der Waals surface area contributed by atoms with Crippen LogP contribution in [-0.2, 0) is 0 Å². The molecule has 0 radical (unpaired) electrons. The van der Waals surface area contributed by atoms with Crippen LogP contribution in [0.4, 0.5) is 17.1 Å². The van der Waals surface area contributed by atoms with E-state index in [4.69, 9.17) is 4.74 Å². The molecule has 0 N–H and O–H groups in total. The predicted molar refractivity (Wildman–Crippen MR) is 374 cm³/mol. The van der Waals surface area contributed by atoms with E-state index in [1.807, 2.05) is 0 Å². The highest BCUT2D eigenvalue weighted by Gasteiger charge is 2.45. The molecular weight excluding hydrogens is 1080 g/mol. The number of anilines is 3. The van der Waals surface area contributed by atoms with Gasteiger partial charge in [0.05, 0.1) is 16.7 Å². The molecule has 4 heteroatoms. The number of benzene rings is 15. The van der Waals surface area contributed by atoms with Crippen LogP contribution in [0.5, 0.6) is 11.5 Å². The topological polar surface area (TPSA) is 17.4 Å². The van der Waals surface area contributed by atoms with Gasteiger partial charge in [-0.05, 0) is 152 Å². The minimum absolute atomic E-state index is 0.0530. The molecule has 3 aliphatic rings. The largest absolute Gasteiger partial charge is 0.458 e. The van der Waals surface area contributed by atoms with Crippen molar-refractivity contribution < 1.29 is 4.74 Å². The number of aromatic nitrogens is 1. The van der Waals surface area contributed by atoms with Gasteiger partial charge in [-0.2, -0.15) is 0 Å². The quantitative estimate of drug-likeness (QED) is 0.117. The molecule has 3 nitrogen and oxygen atoms in total. The Hall–Kier alpha value is -11.5. The highest BCUT2D eigenvalue weighted by Crippen LogP contribution is 2.54. The van der Waals surface area contributed by atoms with Crippen molar-refractivity contribution in [3.05, 3.63) is 332 Å². The van der Waals surface area contributed by atoms with Crippen molar-refractivity contribution in [1.82, 2.24) is 4.57 Å². The van der Waals surface area contributed by atoms with Gasteiger partial charge in [0.2, 0.25) is 0 Å². The molecule has 0 fully saturated rings. The Morgan fingerprint density at radius 1 is 0.315 bits per heavy atom. The van der Waals surface area contributed by atoms with E-state index in [0.29, 0.717) is 0 Å². The van der Waals surface area contributed by atoms with Gasteiger partial charge in [0.15, 0.2) is 0 Å². The van der Waals surface area contributed by atoms with Crippen LogP contribution in [0.15, 0.2) is 315 Å². The number of hydrogen-bond acceptors (Lipinski definition) is 2. The van der Waals surface area contributed by atoms with Gasteiger partial charge in [0.25, 0.3) is 6.71 Å². The van der Waals surface area contributed by atoms with E-state index in [1.54, 1.807) is 0 Å². The average Bonchev–Trinajstić information content (AvgIpc) is 0.822. The smallest absolute Gasteiger partial charge is 0.256 e. The highest BCUT2D eigenvalue weighted by atomic mass is 16.5. The summed E-state index contributed by atoms with van der Waals surface area (Å²) >= 11 is 0. The third-order valence-electron chi connectivity index (χ3n) is 19.5. The van der Waals surface area contributed by atoms with Crippen molar-refractivity contribution >= 4 is 94.3 Å². The van der Waals surface area contributed by atoms with Gasteiger partial charge in [-0.15, -0.1) is 0 Å². The van der Waals surface area contributed by atoms with Gasteiger partial charge in [0.1, 0.15) is 11.5 Å². The standard InChI is InChI=1S/C85H53BN2O/c1-3-23-54(24-4-1)61-38-21-39-62(55-25-5-2-6-26-55)85(61)88-77-49-58(82-71-36-15-13-34-69(71)81(70-35-14-16-37-72(70)82)57-43-42-53-22-7-8-27-56(53)48-57)44-46-73(77)86-74-47-45-60(87-75-40-19-17-30-65(75)66-31-18-20-41-76(66)87)52-79(74)89-80-51-59(50-78(88)84(80)86)83-67-32-11-9-28-63(67)64-29-10-12-33-68(64)83/h1-52,83H. The number of para-hydroxylation sites is 3. The first-order chi connectivity index (χ1) is 44.2. The maximum Gasteiger partial charge on any atom is 0.256 e. The van der Waals surface area contributed by atoms with Gasteiger partial charge < -0.3 is 14.2 Å². The van der Waals surface area contributed by atoms with E-state index >= 15 is 0 Å². The molecule has 1 aliphatic carbocycles. The summed E-state index contributed by atoms with van der Waals surface area (Å²) in [6.45, 7) is -0.193. The maximum atomic E-state index is 7.71. The Labute approximate surface area is 516 Å². The van der Waals surface area contributed by atoms with Gasteiger partial charge in [-0.1, -0.05) is 267 Å². The lowest BCUT2D eigenvalue weighted by Crippen LogP contribution is -2.59. The molecule has 0 saturated carbocycles. The summed E-state index contributed by atoms with van der Waals surface area (Å²) in [7, 11) is 0. The summed E-state index contributed by atoms with van der Waals surface area (Å²) in [4.78, 5) is 2.64. The minimum atomic E-state index is -0.193. The van der Waals surface area contributed by atoms with Crippen molar-refractivity contribution in [3.63, 3.8) is 0 Å². The molecule has 0 amide bonds. The molecule has 15 aromatic carbocycles. The van der Waals surface area contributed by atoms with Crippen molar-refractivity contribution in [2.75, 3.05) is 4.90 Å². The number of nitrogens with zero attached hydrogens (tertiary/aromatic N) is 2. The summed E-state index contributed by atoms with van der Waals surface area (Å²) in [6, 6.07) is 118. The normalized spacial score (nSPS) is 12.9. The second-order valence-corrected chi connectivity index (χ2v) is 24.1. The zero-order chi connectivity index (χ0) is 58.3. The van der Waals surface area contributed by atoms with Gasteiger partial charge in [0, 0.05) is 50.9 Å². The Morgan fingerprint density at radius 2 is 0.809 bits per heavy atom. The van der Waals surface area contributed by atoms with Crippen LogP contribution in [0.1, 0.15) is 22.6 Å². The SMILES string of the molecule is c1ccc(-c2cccc(-c3ccccc3)c2N2c3cc(-c4c5ccccc5c(-c5ccc6ccccc6c5)c5ccccc45)ccc3B3c4ccc(-n5c6ccccc6c6ccccc65)cc4Oc4cc(C5c6ccccc6-c6ccccc65)cc2c43)cc1. The maximum absolute atomic E-state index is 7.71. The summed E-state index contributed by atoms with van der Waals surface area (Å²) in [5.41, 5.74) is 25.9. The highest BCUT2D eigenvalue weighted by molar-refractivity contribution is 6.99. The molecular formula is C85H53BN2O. The van der Waals surface area contributed by atoms with Crippen LogP contribution >= 0.6 is 0 Å². The van der Waals surface area contributed by atoms with Crippen LogP contribution in [0.25, 0.3) is 115 Å². The third kappa shape index (κ3) is 7.48. The van der Waals surface area contributed by atoms with Gasteiger partial charge in [-0.25, -0.2) is 0 Å². The van der Waals surface area contributed by atoms with E-state index in [9.17, 15) is 0 Å². The van der Waals surface area contributed by atoms with Crippen LogP contribution in [0, 0.1) is 0 Å².